The predicted molar refractivity (Wildman–Crippen MR) is 51.3 cm³/mol. The van der Waals surface area contributed by atoms with E-state index >= 15 is 0 Å². The highest BCUT2D eigenvalue weighted by Crippen LogP contribution is 2.14. The van der Waals surface area contributed by atoms with Gasteiger partial charge in [0.25, 0.3) is 0 Å². The molecule has 1 saturated carbocycles. The molecule has 0 aliphatic heterocycles. The summed E-state index contributed by atoms with van der Waals surface area (Å²) < 4.78 is 0. The van der Waals surface area contributed by atoms with Gasteiger partial charge in [-0.1, -0.05) is 17.7 Å². The molecule has 12 heavy (non-hydrogen) atoms. The van der Waals surface area contributed by atoms with Gasteiger partial charge in [0.15, 0.2) is 0 Å². The lowest BCUT2D eigenvalue weighted by molar-refractivity contribution is 0.172. The second-order valence-corrected chi connectivity index (χ2v) is 3.08. The SMILES string of the molecule is C/C=C/CON=C1CCCCC1. The van der Waals surface area contributed by atoms with Crippen LogP contribution in [0.4, 0.5) is 0 Å². The van der Waals surface area contributed by atoms with Crippen molar-refractivity contribution in [3.63, 3.8) is 0 Å². The van der Waals surface area contributed by atoms with Gasteiger partial charge in [-0.3, -0.25) is 0 Å². The summed E-state index contributed by atoms with van der Waals surface area (Å²) in [5.41, 5.74) is 1.24. The average molecular weight is 167 g/mol. The van der Waals surface area contributed by atoms with E-state index in [0.717, 1.165) is 12.8 Å². The number of rotatable bonds is 3. The van der Waals surface area contributed by atoms with Gasteiger partial charge >= 0.3 is 0 Å². The number of hydrogen-bond acceptors (Lipinski definition) is 2. The molecule has 1 fully saturated rings. The van der Waals surface area contributed by atoms with Crippen LogP contribution in [0.2, 0.25) is 0 Å². The van der Waals surface area contributed by atoms with Crippen LogP contribution in [0.3, 0.4) is 0 Å². The molecule has 68 valence electrons. The molecule has 0 atom stereocenters. The van der Waals surface area contributed by atoms with Crippen LogP contribution in [-0.4, -0.2) is 12.3 Å². The molecule has 1 rings (SSSR count). The van der Waals surface area contributed by atoms with Crippen LogP contribution in [-0.2, 0) is 4.84 Å². The summed E-state index contributed by atoms with van der Waals surface area (Å²) in [5.74, 6) is 0. The fraction of sp³-hybridized carbons (Fsp3) is 0.700. The fourth-order valence-electron chi connectivity index (χ4n) is 1.32. The Morgan fingerprint density at radius 1 is 1.33 bits per heavy atom. The summed E-state index contributed by atoms with van der Waals surface area (Å²) in [7, 11) is 0. The van der Waals surface area contributed by atoms with Crippen LogP contribution >= 0.6 is 0 Å². The second-order valence-electron chi connectivity index (χ2n) is 3.08. The highest BCUT2D eigenvalue weighted by atomic mass is 16.6. The van der Waals surface area contributed by atoms with Gasteiger partial charge in [0.2, 0.25) is 0 Å². The van der Waals surface area contributed by atoms with Gasteiger partial charge in [0, 0.05) is 0 Å². The predicted octanol–water partition coefficient (Wildman–Crippen LogP) is 2.90. The van der Waals surface area contributed by atoms with Crippen LogP contribution in [0.25, 0.3) is 0 Å². The maximum Gasteiger partial charge on any atom is 0.135 e. The molecule has 0 radical (unpaired) electrons. The maximum atomic E-state index is 5.11. The Balaban J connectivity index is 2.16. The Bertz CT molecular complexity index is 165. The standard InChI is InChI=1S/C10H17NO/c1-2-3-9-12-11-10-7-5-4-6-8-10/h2-3H,4-9H2,1H3/b3-2+. The van der Waals surface area contributed by atoms with Crippen molar-refractivity contribution < 1.29 is 4.84 Å². The molecule has 0 aromatic rings. The first-order valence-electron chi connectivity index (χ1n) is 4.72. The highest BCUT2D eigenvalue weighted by molar-refractivity contribution is 5.84. The molecule has 2 heteroatoms. The van der Waals surface area contributed by atoms with Crippen LogP contribution in [0, 0.1) is 0 Å². The summed E-state index contributed by atoms with van der Waals surface area (Å²) in [6.45, 7) is 2.59. The Morgan fingerprint density at radius 2 is 2.08 bits per heavy atom. The zero-order valence-corrected chi connectivity index (χ0v) is 7.75. The topological polar surface area (TPSA) is 21.6 Å². The molecule has 0 amide bonds. The molecule has 0 heterocycles. The monoisotopic (exact) mass is 167 g/mol. The van der Waals surface area contributed by atoms with Crippen molar-refractivity contribution >= 4 is 5.71 Å². The van der Waals surface area contributed by atoms with Crippen molar-refractivity contribution in [3.05, 3.63) is 12.2 Å². The van der Waals surface area contributed by atoms with Gasteiger partial charge in [0.1, 0.15) is 6.61 Å². The Kier molecular flexibility index (Phi) is 4.50. The number of oxime groups is 1. The lowest BCUT2D eigenvalue weighted by Gasteiger charge is -2.10. The first kappa shape index (κ1) is 9.30. The summed E-state index contributed by atoms with van der Waals surface area (Å²) in [4.78, 5) is 5.11. The van der Waals surface area contributed by atoms with E-state index in [1.165, 1.54) is 25.0 Å². The Hall–Kier alpha value is -0.790. The van der Waals surface area contributed by atoms with E-state index < -0.39 is 0 Å². The molecule has 0 spiro atoms. The Morgan fingerprint density at radius 3 is 2.75 bits per heavy atom. The minimum atomic E-state index is 0.611. The normalized spacial score (nSPS) is 18.2. The van der Waals surface area contributed by atoms with Crippen molar-refractivity contribution in [1.82, 2.24) is 0 Å². The molecule has 0 aromatic carbocycles. The smallest absolute Gasteiger partial charge is 0.135 e. The summed E-state index contributed by atoms with van der Waals surface area (Å²) >= 11 is 0. The lowest BCUT2D eigenvalue weighted by Crippen LogP contribution is -2.05. The van der Waals surface area contributed by atoms with Gasteiger partial charge < -0.3 is 4.84 Å². The van der Waals surface area contributed by atoms with Gasteiger partial charge in [-0.25, -0.2) is 0 Å². The third-order valence-corrected chi connectivity index (χ3v) is 2.03. The van der Waals surface area contributed by atoms with E-state index in [2.05, 4.69) is 5.16 Å². The Labute approximate surface area is 74.3 Å². The minimum absolute atomic E-state index is 0.611. The van der Waals surface area contributed by atoms with Crippen LogP contribution in [0.1, 0.15) is 39.0 Å². The van der Waals surface area contributed by atoms with E-state index in [0.29, 0.717) is 6.61 Å². The van der Waals surface area contributed by atoms with E-state index in [-0.39, 0.29) is 0 Å². The van der Waals surface area contributed by atoms with Gasteiger partial charge in [-0.15, -0.1) is 0 Å². The van der Waals surface area contributed by atoms with E-state index in [1.807, 2.05) is 19.1 Å². The van der Waals surface area contributed by atoms with E-state index in [4.69, 9.17) is 4.84 Å². The molecular formula is C10H17NO. The molecule has 0 bridgehead atoms. The fourth-order valence-corrected chi connectivity index (χ4v) is 1.32. The van der Waals surface area contributed by atoms with Crippen molar-refractivity contribution in [2.24, 2.45) is 5.16 Å². The minimum Gasteiger partial charge on any atom is -0.392 e. The molecule has 0 N–H and O–H groups in total. The molecule has 2 nitrogen and oxygen atoms in total. The molecule has 1 aliphatic carbocycles. The maximum absolute atomic E-state index is 5.11. The van der Waals surface area contributed by atoms with Gasteiger partial charge in [-0.2, -0.15) is 0 Å². The molecule has 1 aliphatic rings. The molecular weight excluding hydrogens is 150 g/mol. The third kappa shape index (κ3) is 3.56. The highest BCUT2D eigenvalue weighted by Gasteiger charge is 2.06. The van der Waals surface area contributed by atoms with Crippen molar-refractivity contribution in [2.45, 2.75) is 39.0 Å². The van der Waals surface area contributed by atoms with Crippen molar-refractivity contribution in [2.75, 3.05) is 6.61 Å². The summed E-state index contributed by atoms with van der Waals surface area (Å²) in [6, 6.07) is 0. The first-order valence-corrected chi connectivity index (χ1v) is 4.72. The first-order chi connectivity index (χ1) is 5.93. The number of hydrogen-bond donors (Lipinski definition) is 0. The lowest BCUT2D eigenvalue weighted by atomic mass is 9.99. The summed E-state index contributed by atoms with van der Waals surface area (Å²) in [5, 5.41) is 4.09. The van der Waals surface area contributed by atoms with E-state index in [1.54, 1.807) is 0 Å². The second kappa shape index (κ2) is 5.81. The van der Waals surface area contributed by atoms with Gasteiger partial charge in [-0.05, 0) is 38.7 Å². The average Bonchev–Trinajstić information content (AvgIpc) is 2.14. The molecule has 0 aromatic heterocycles. The van der Waals surface area contributed by atoms with Crippen molar-refractivity contribution in [3.8, 4) is 0 Å². The van der Waals surface area contributed by atoms with Crippen molar-refractivity contribution in [1.29, 1.82) is 0 Å². The summed E-state index contributed by atoms with van der Waals surface area (Å²) in [6.07, 6.45) is 10.1. The third-order valence-electron chi connectivity index (χ3n) is 2.03. The number of allylic oxidation sites excluding steroid dienone is 1. The van der Waals surface area contributed by atoms with Gasteiger partial charge in [0.05, 0.1) is 5.71 Å². The molecule has 0 saturated heterocycles. The van der Waals surface area contributed by atoms with Crippen LogP contribution in [0.5, 0.6) is 0 Å². The van der Waals surface area contributed by atoms with E-state index in [9.17, 15) is 0 Å². The molecule has 0 unspecified atom stereocenters. The largest absolute Gasteiger partial charge is 0.392 e. The quantitative estimate of drug-likeness (QED) is 0.360. The van der Waals surface area contributed by atoms with Crippen LogP contribution < -0.4 is 0 Å². The number of nitrogens with zero attached hydrogens (tertiary/aromatic N) is 1. The zero-order valence-electron chi connectivity index (χ0n) is 7.75. The zero-order chi connectivity index (χ0) is 8.65. The van der Waals surface area contributed by atoms with Crippen LogP contribution in [0.15, 0.2) is 17.3 Å².